The summed E-state index contributed by atoms with van der Waals surface area (Å²) in [5, 5.41) is 17.9. The van der Waals surface area contributed by atoms with Gasteiger partial charge in [0.25, 0.3) is 0 Å². The Labute approximate surface area is 156 Å². The summed E-state index contributed by atoms with van der Waals surface area (Å²) < 4.78 is 9.76. The number of ether oxygens (including phenoxy) is 2. The molecule has 1 unspecified atom stereocenters. The lowest BCUT2D eigenvalue weighted by molar-refractivity contribution is 0.0566. The number of rotatable bonds is 4. The zero-order chi connectivity index (χ0) is 19.4. The summed E-state index contributed by atoms with van der Waals surface area (Å²) >= 11 is 0. The summed E-state index contributed by atoms with van der Waals surface area (Å²) in [6.07, 6.45) is 4.23. The minimum Gasteiger partial charge on any atom is -0.450 e. The fourth-order valence-electron chi connectivity index (χ4n) is 3.15. The molecular formula is C18H34N2O6. The van der Waals surface area contributed by atoms with Crippen molar-refractivity contribution in [2.75, 3.05) is 46.1 Å². The Morgan fingerprint density at radius 1 is 0.885 bits per heavy atom. The van der Waals surface area contributed by atoms with E-state index in [1.54, 1.807) is 23.6 Å². The van der Waals surface area contributed by atoms with E-state index in [1.807, 2.05) is 0 Å². The molecule has 0 aliphatic carbocycles. The molecule has 1 atom stereocenters. The molecule has 0 saturated carbocycles. The van der Waals surface area contributed by atoms with E-state index >= 15 is 0 Å². The Bertz CT molecular complexity index is 412. The molecule has 0 aromatic rings. The van der Waals surface area contributed by atoms with Gasteiger partial charge in [-0.15, -0.1) is 0 Å². The van der Waals surface area contributed by atoms with Crippen LogP contribution >= 0.6 is 0 Å². The van der Waals surface area contributed by atoms with Gasteiger partial charge in [0.2, 0.25) is 0 Å². The largest absolute Gasteiger partial charge is 0.450 e. The third-order valence-corrected chi connectivity index (χ3v) is 4.74. The van der Waals surface area contributed by atoms with Gasteiger partial charge in [-0.1, -0.05) is 0 Å². The number of nitrogens with zero attached hydrogens (tertiary/aromatic N) is 2. The van der Waals surface area contributed by atoms with Crippen molar-refractivity contribution >= 4 is 12.2 Å². The Kier molecular flexibility index (Phi) is 11.0. The number of aliphatic hydroxyl groups excluding tert-OH is 2. The van der Waals surface area contributed by atoms with Gasteiger partial charge in [0, 0.05) is 26.2 Å². The zero-order valence-corrected chi connectivity index (χ0v) is 16.1. The van der Waals surface area contributed by atoms with Gasteiger partial charge in [-0.25, -0.2) is 9.59 Å². The number of hydrogen-bond donors (Lipinski definition) is 2. The maximum absolute atomic E-state index is 11.4. The number of likely N-dealkylation sites (tertiary alicyclic amines) is 2. The smallest absolute Gasteiger partial charge is 0.410 e. The number of amides is 2. The van der Waals surface area contributed by atoms with Crippen molar-refractivity contribution in [3.05, 3.63) is 0 Å². The van der Waals surface area contributed by atoms with Crippen LogP contribution in [0.4, 0.5) is 9.59 Å². The number of hydrogen-bond acceptors (Lipinski definition) is 6. The second-order valence-electron chi connectivity index (χ2n) is 6.54. The van der Waals surface area contributed by atoms with E-state index in [2.05, 4.69) is 0 Å². The van der Waals surface area contributed by atoms with Crippen molar-refractivity contribution < 1.29 is 29.3 Å². The molecule has 2 fully saturated rings. The average Bonchev–Trinajstić information content (AvgIpc) is 2.69. The fraction of sp³-hybridized carbons (Fsp3) is 0.889. The molecule has 2 N–H and O–H groups in total. The van der Waals surface area contributed by atoms with Crippen molar-refractivity contribution in [2.24, 2.45) is 5.92 Å². The normalized spacial score (nSPS) is 20.8. The quantitative estimate of drug-likeness (QED) is 0.779. The highest BCUT2D eigenvalue weighted by molar-refractivity contribution is 5.68. The third kappa shape index (κ3) is 7.37. The molecule has 2 rings (SSSR count). The van der Waals surface area contributed by atoms with Crippen LogP contribution in [-0.4, -0.2) is 84.3 Å². The fourth-order valence-corrected chi connectivity index (χ4v) is 3.15. The van der Waals surface area contributed by atoms with Gasteiger partial charge in [0.05, 0.1) is 25.9 Å². The molecule has 8 nitrogen and oxygen atoms in total. The summed E-state index contributed by atoms with van der Waals surface area (Å²) in [6, 6.07) is -0.0344. The van der Waals surface area contributed by atoms with Gasteiger partial charge in [0.15, 0.2) is 0 Å². The number of carbonyl (C=O) groups is 2. The van der Waals surface area contributed by atoms with Gasteiger partial charge in [-0.05, 0) is 51.9 Å². The minimum atomic E-state index is -0.291. The number of piperidine rings is 2. The summed E-state index contributed by atoms with van der Waals surface area (Å²) in [5.41, 5.74) is 0. The Balaban J connectivity index is 0.000000260. The lowest BCUT2D eigenvalue weighted by Crippen LogP contribution is -2.45. The van der Waals surface area contributed by atoms with E-state index in [9.17, 15) is 9.59 Å². The predicted molar refractivity (Wildman–Crippen MR) is 96.9 cm³/mol. The van der Waals surface area contributed by atoms with Crippen molar-refractivity contribution in [3.8, 4) is 0 Å². The maximum atomic E-state index is 11.4. The minimum absolute atomic E-state index is 0.0344. The standard InChI is InChI=1S/2C9H17NO3/c1-2-13-9(12)10-5-3-8(7-11)4-6-10;1-2-13-9(12)10-6-4-3-5-8(10)7-11/h2*8,11H,2-7H2,1H3. The van der Waals surface area contributed by atoms with Crippen LogP contribution in [0.5, 0.6) is 0 Å². The first-order valence-electron chi connectivity index (χ1n) is 9.64. The molecule has 2 heterocycles. The van der Waals surface area contributed by atoms with E-state index in [4.69, 9.17) is 19.7 Å². The van der Waals surface area contributed by atoms with Crippen LogP contribution in [0.25, 0.3) is 0 Å². The highest BCUT2D eigenvalue weighted by Gasteiger charge is 2.26. The predicted octanol–water partition coefficient (Wildman–Crippen LogP) is 1.84. The van der Waals surface area contributed by atoms with E-state index in [0.717, 1.165) is 32.1 Å². The summed E-state index contributed by atoms with van der Waals surface area (Å²) in [4.78, 5) is 25.9. The molecule has 8 heteroatoms. The summed E-state index contributed by atoms with van der Waals surface area (Å²) in [6.45, 7) is 6.83. The van der Waals surface area contributed by atoms with Crippen molar-refractivity contribution in [1.29, 1.82) is 0 Å². The van der Waals surface area contributed by atoms with E-state index in [0.29, 0.717) is 38.8 Å². The van der Waals surface area contributed by atoms with Gasteiger partial charge >= 0.3 is 12.2 Å². The Morgan fingerprint density at radius 2 is 1.50 bits per heavy atom. The van der Waals surface area contributed by atoms with Crippen LogP contribution in [0.2, 0.25) is 0 Å². The second kappa shape index (κ2) is 12.8. The van der Waals surface area contributed by atoms with Crippen LogP contribution < -0.4 is 0 Å². The first-order valence-corrected chi connectivity index (χ1v) is 9.64. The number of carbonyl (C=O) groups excluding carboxylic acids is 2. The molecule has 0 aromatic heterocycles. The molecule has 0 bridgehead atoms. The first-order chi connectivity index (χ1) is 12.6. The van der Waals surface area contributed by atoms with Crippen LogP contribution in [0.1, 0.15) is 46.0 Å². The average molecular weight is 374 g/mol. The van der Waals surface area contributed by atoms with Crippen LogP contribution in [0.3, 0.4) is 0 Å². The lowest BCUT2D eigenvalue weighted by atomic mass is 9.98. The van der Waals surface area contributed by atoms with Gasteiger partial charge in [-0.2, -0.15) is 0 Å². The Hall–Kier alpha value is -1.54. The zero-order valence-electron chi connectivity index (χ0n) is 16.1. The van der Waals surface area contributed by atoms with Gasteiger partial charge in [0.1, 0.15) is 0 Å². The maximum Gasteiger partial charge on any atom is 0.410 e. The molecular weight excluding hydrogens is 340 g/mol. The summed E-state index contributed by atoms with van der Waals surface area (Å²) in [7, 11) is 0. The number of aliphatic hydroxyl groups is 2. The van der Waals surface area contributed by atoms with E-state index in [-0.39, 0.29) is 31.4 Å². The van der Waals surface area contributed by atoms with Crippen molar-refractivity contribution in [2.45, 2.75) is 52.0 Å². The van der Waals surface area contributed by atoms with Crippen LogP contribution in [0, 0.1) is 5.92 Å². The van der Waals surface area contributed by atoms with Crippen LogP contribution in [-0.2, 0) is 9.47 Å². The molecule has 2 amide bonds. The molecule has 2 saturated heterocycles. The van der Waals surface area contributed by atoms with Crippen LogP contribution in [0.15, 0.2) is 0 Å². The monoisotopic (exact) mass is 374 g/mol. The van der Waals surface area contributed by atoms with Crippen molar-refractivity contribution in [1.82, 2.24) is 9.80 Å². The molecule has 0 aromatic carbocycles. The SMILES string of the molecule is CCOC(=O)N1CCC(CO)CC1.CCOC(=O)N1CCCCC1CO. The molecule has 0 radical (unpaired) electrons. The molecule has 2 aliphatic rings. The van der Waals surface area contributed by atoms with E-state index < -0.39 is 0 Å². The molecule has 26 heavy (non-hydrogen) atoms. The molecule has 2 aliphatic heterocycles. The molecule has 152 valence electrons. The lowest BCUT2D eigenvalue weighted by Gasteiger charge is -2.33. The molecule has 0 spiro atoms. The highest BCUT2D eigenvalue weighted by atomic mass is 16.6. The topological polar surface area (TPSA) is 99.5 Å². The van der Waals surface area contributed by atoms with E-state index in [1.165, 1.54) is 0 Å². The Morgan fingerprint density at radius 3 is 2.04 bits per heavy atom. The third-order valence-electron chi connectivity index (χ3n) is 4.74. The summed E-state index contributed by atoms with van der Waals surface area (Å²) in [5.74, 6) is 0.366. The second-order valence-corrected chi connectivity index (χ2v) is 6.54. The van der Waals surface area contributed by atoms with Gasteiger partial charge < -0.3 is 29.5 Å². The first kappa shape index (κ1) is 22.5. The van der Waals surface area contributed by atoms with Crippen molar-refractivity contribution in [3.63, 3.8) is 0 Å². The van der Waals surface area contributed by atoms with Gasteiger partial charge in [-0.3, -0.25) is 0 Å². The highest BCUT2D eigenvalue weighted by Crippen LogP contribution is 2.17.